The zero-order valence-corrected chi connectivity index (χ0v) is 8.98. The molecule has 1 heterocycles. The molecule has 2 nitrogen and oxygen atoms in total. The van der Waals surface area contributed by atoms with Gasteiger partial charge in [-0.2, -0.15) is 0 Å². The van der Waals surface area contributed by atoms with E-state index in [-0.39, 0.29) is 5.78 Å². The molecule has 0 aliphatic heterocycles. The fourth-order valence-corrected chi connectivity index (χ4v) is 2.36. The molecule has 0 aromatic carbocycles. The summed E-state index contributed by atoms with van der Waals surface area (Å²) >= 11 is 4.59. The van der Waals surface area contributed by atoms with E-state index in [1.807, 2.05) is 5.38 Å². The fourth-order valence-electron chi connectivity index (χ4n) is 0.806. The van der Waals surface area contributed by atoms with E-state index >= 15 is 0 Å². The third kappa shape index (κ3) is 1.94. The molecule has 1 N–H and O–H groups in total. The van der Waals surface area contributed by atoms with Gasteiger partial charge in [-0.25, -0.2) is 0 Å². The van der Waals surface area contributed by atoms with E-state index in [4.69, 9.17) is 0 Å². The summed E-state index contributed by atoms with van der Waals surface area (Å²) in [5.41, 5.74) is 0. The van der Waals surface area contributed by atoms with Crippen molar-refractivity contribution in [2.45, 2.75) is 19.4 Å². The van der Waals surface area contributed by atoms with Crippen LogP contribution in [0.25, 0.3) is 0 Å². The highest BCUT2D eigenvalue weighted by molar-refractivity contribution is 9.10. The number of aliphatic hydroxyl groups is 1. The van der Waals surface area contributed by atoms with Crippen molar-refractivity contribution in [1.29, 1.82) is 0 Å². The Morgan fingerprint density at radius 1 is 1.83 bits per heavy atom. The summed E-state index contributed by atoms with van der Waals surface area (Å²) in [6.45, 7) is 1.78. The number of thiophene rings is 1. The Morgan fingerprint density at radius 2 is 2.50 bits per heavy atom. The molecule has 0 aliphatic rings. The maximum atomic E-state index is 11.4. The first kappa shape index (κ1) is 9.89. The highest BCUT2D eigenvalue weighted by Gasteiger charge is 2.18. The van der Waals surface area contributed by atoms with Crippen molar-refractivity contribution in [3.63, 3.8) is 0 Å². The Bertz CT molecular complexity index is 282. The molecule has 0 spiro atoms. The number of carbonyl (C=O) groups is 1. The molecule has 0 saturated heterocycles. The number of Topliss-reactive ketones (excluding diaryl/α,β-unsaturated/α-hetero) is 1. The van der Waals surface area contributed by atoms with Gasteiger partial charge >= 0.3 is 0 Å². The van der Waals surface area contributed by atoms with Crippen molar-refractivity contribution in [2.24, 2.45) is 0 Å². The van der Waals surface area contributed by atoms with Crippen LogP contribution in [0.5, 0.6) is 0 Å². The van der Waals surface area contributed by atoms with Gasteiger partial charge in [0.25, 0.3) is 0 Å². The van der Waals surface area contributed by atoms with Crippen LogP contribution in [0, 0.1) is 0 Å². The van der Waals surface area contributed by atoms with E-state index in [2.05, 4.69) is 15.9 Å². The molecule has 0 amide bonds. The van der Waals surface area contributed by atoms with Crippen molar-refractivity contribution < 1.29 is 9.90 Å². The van der Waals surface area contributed by atoms with Gasteiger partial charge in [-0.1, -0.05) is 6.92 Å². The molecule has 1 aromatic heterocycles. The average Bonchev–Trinajstić information content (AvgIpc) is 2.48. The Morgan fingerprint density at radius 3 is 2.92 bits per heavy atom. The molecule has 0 aliphatic carbocycles. The lowest BCUT2D eigenvalue weighted by Gasteiger charge is -2.03. The van der Waals surface area contributed by atoms with Crippen molar-refractivity contribution in [3.05, 3.63) is 20.8 Å². The minimum atomic E-state index is -0.861. The second-order valence-corrected chi connectivity index (χ2v) is 4.16. The molecule has 0 radical (unpaired) electrons. The lowest BCUT2D eigenvalue weighted by molar-refractivity contribution is 0.0744. The maximum Gasteiger partial charge on any atom is 0.202 e. The first-order valence-electron chi connectivity index (χ1n) is 3.62. The van der Waals surface area contributed by atoms with Gasteiger partial charge in [-0.3, -0.25) is 4.79 Å². The summed E-state index contributed by atoms with van der Waals surface area (Å²) in [5.74, 6) is -0.195. The monoisotopic (exact) mass is 248 g/mol. The van der Waals surface area contributed by atoms with Gasteiger partial charge in [0.05, 0.1) is 4.88 Å². The van der Waals surface area contributed by atoms with E-state index < -0.39 is 6.10 Å². The minimum absolute atomic E-state index is 0.195. The average molecular weight is 249 g/mol. The zero-order chi connectivity index (χ0) is 9.14. The SMILES string of the molecule is CCC(O)C(=O)c1sccc1Br. The van der Waals surface area contributed by atoms with Gasteiger partial charge in [-0.15, -0.1) is 11.3 Å². The van der Waals surface area contributed by atoms with E-state index in [1.54, 1.807) is 13.0 Å². The lowest BCUT2D eigenvalue weighted by Crippen LogP contribution is -2.18. The highest BCUT2D eigenvalue weighted by Crippen LogP contribution is 2.24. The van der Waals surface area contributed by atoms with E-state index in [0.717, 1.165) is 4.47 Å². The first-order chi connectivity index (χ1) is 5.66. The van der Waals surface area contributed by atoms with Crippen LogP contribution in [0.2, 0.25) is 0 Å². The molecule has 0 saturated carbocycles. The number of hydrogen-bond donors (Lipinski definition) is 1. The molecule has 1 unspecified atom stereocenters. The number of halogens is 1. The number of rotatable bonds is 3. The van der Waals surface area contributed by atoms with Crippen LogP contribution >= 0.6 is 27.3 Å². The normalized spacial score (nSPS) is 12.9. The summed E-state index contributed by atoms with van der Waals surface area (Å²) in [5, 5.41) is 11.1. The van der Waals surface area contributed by atoms with Crippen LogP contribution in [0.3, 0.4) is 0 Å². The zero-order valence-electron chi connectivity index (χ0n) is 6.58. The van der Waals surface area contributed by atoms with Gasteiger partial charge in [0.15, 0.2) is 0 Å². The Hall–Kier alpha value is -0.190. The minimum Gasteiger partial charge on any atom is -0.385 e. The summed E-state index contributed by atoms with van der Waals surface area (Å²) in [6.07, 6.45) is -0.400. The third-order valence-corrected chi connectivity index (χ3v) is 3.38. The van der Waals surface area contributed by atoms with E-state index in [9.17, 15) is 9.90 Å². The maximum absolute atomic E-state index is 11.4. The van der Waals surface area contributed by atoms with Crippen LogP contribution in [0.15, 0.2) is 15.9 Å². The largest absolute Gasteiger partial charge is 0.385 e. The smallest absolute Gasteiger partial charge is 0.202 e. The van der Waals surface area contributed by atoms with Crippen LogP contribution in [-0.2, 0) is 0 Å². The molecule has 12 heavy (non-hydrogen) atoms. The predicted octanol–water partition coefficient (Wildman–Crippen LogP) is 2.46. The first-order valence-corrected chi connectivity index (χ1v) is 5.29. The van der Waals surface area contributed by atoms with Crippen molar-refractivity contribution in [2.75, 3.05) is 0 Å². The summed E-state index contributed by atoms with van der Waals surface area (Å²) < 4.78 is 0.769. The predicted molar refractivity (Wildman–Crippen MR) is 52.6 cm³/mol. The van der Waals surface area contributed by atoms with Crippen LogP contribution in [0.4, 0.5) is 0 Å². The van der Waals surface area contributed by atoms with Gasteiger partial charge in [0.1, 0.15) is 6.10 Å². The van der Waals surface area contributed by atoms with Gasteiger partial charge < -0.3 is 5.11 Å². The number of carbonyl (C=O) groups excluding carboxylic acids is 1. The second kappa shape index (κ2) is 4.16. The van der Waals surface area contributed by atoms with Crippen molar-refractivity contribution in [1.82, 2.24) is 0 Å². The Kier molecular flexibility index (Phi) is 3.43. The number of ketones is 1. The quantitative estimate of drug-likeness (QED) is 0.835. The molecule has 0 fully saturated rings. The lowest BCUT2D eigenvalue weighted by atomic mass is 10.1. The number of hydrogen-bond acceptors (Lipinski definition) is 3. The molecule has 4 heteroatoms. The molecular formula is C8H9BrO2S. The van der Waals surface area contributed by atoms with E-state index in [1.165, 1.54) is 11.3 Å². The van der Waals surface area contributed by atoms with Gasteiger partial charge in [-0.05, 0) is 33.8 Å². The molecule has 0 bridgehead atoms. The van der Waals surface area contributed by atoms with Crippen molar-refractivity contribution in [3.8, 4) is 0 Å². The van der Waals surface area contributed by atoms with Crippen LogP contribution in [0.1, 0.15) is 23.0 Å². The highest BCUT2D eigenvalue weighted by atomic mass is 79.9. The molecule has 1 atom stereocenters. The molecule has 66 valence electrons. The van der Waals surface area contributed by atoms with Crippen molar-refractivity contribution >= 4 is 33.0 Å². The summed E-state index contributed by atoms with van der Waals surface area (Å²) in [4.78, 5) is 12.0. The topological polar surface area (TPSA) is 37.3 Å². The van der Waals surface area contributed by atoms with Gasteiger partial charge in [0, 0.05) is 4.47 Å². The molecule has 1 aromatic rings. The molecular weight excluding hydrogens is 240 g/mol. The Balaban J connectivity index is 2.85. The summed E-state index contributed by atoms with van der Waals surface area (Å²) in [6, 6.07) is 1.81. The van der Waals surface area contributed by atoms with Crippen LogP contribution in [-0.4, -0.2) is 17.0 Å². The van der Waals surface area contributed by atoms with Gasteiger partial charge in [0.2, 0.25) is 5.78 Å². The second-order valence-electron chi connectivity index (χ2n) is 2.39. The fraction of sp³-hybridized carbons (Fsp3) is 0.375. The standard InChI is InChI=1S/C8H9BrO2S/c1-2-6(10)7(11)8-5(9)3-4-12-8/h3-4,6,10H,2H2,1H3. The number of aliphatic hydroxyl groups excluding tert-OH is 1. The Labute approximate surface area is 83.4 Å². The van der Waals surface area contributed by atoms with E-state index in [0.29, 0.717) is 11.3 Å². The summed E-state index contributed by atoms with van der Waals surface area (Å²) in [7, 11) is 0. The third-order valence-electron chi connectivity index (χ3n) is 1.53. The van der Waals surface area contributed by atoms with Crippen LogP contribution < -0.4 is 0 Å². The molecule has 1 rings (SSSR count).